The second kappa shape index (κ2) is 9.20. The maximum absolute atomic E-state index is 12.5. The fourth-order valence-electron chi connectivity index (χ4n) is 4.05. The Bertz CT molecular complexity index is 736. The van der Waals surface area contributed by atoms with Crippen LogP contribution >= 0.6 is 12.4 Å². The highest BCUT2D eigenvalue weighted by molar-refractivity contribution is 7.91. The second-order valence-corrected chi connectivity index (χ2v) is 9.42. The molecule has 1 aromatic carbocycles. The molecule has 7 heteroatoms. The molecule has 0 bridgehead atoms. The maximum Gasteiger partial charge on any atom is 0.221 e. The molecule has 0 aromatic heterocycles. The number of amides is 1. The van der Waals surface area contributed by atoms with E-state index in [4.69, 9.17) is 5.73 Å². The van der Waals surface area contributed by atoms with Gasteiger partial charge in [0.05, 0.1) is 10.6 Å². The lowest BCUT2D eigenvalue weighted by Gasteiger charge is -2.31. The standard InChI is InChI=1S/C19H28N2O3S.ClH/c20-13-16-4-1-2-7-18(16)21-19(22)10-11-25(23,24)17-9-8-14-5-3-6-15(14)12-17;/h8-9,12,16,18H,1-7,10-11,13,20H2,(H,21,22);1H. The third kappa shape index (κ3) is 4.99. The molecule has 0 spiro atoms. The van der Waals surface area contributed by atoms with E-state index in [1.54, 1.807) is 12.1 Å². The quantitative estimate of drug-likeness (QED) is 0.767. The molecule has 0 heterocycles. The molecule has 1 amide bonds. The van der Waals surface area contributed by atoms with Crippen molar-refractivity contribution in [2.45, 2.75) is 62.3 Å². The third-order valence-corrected chi connectivity index (χ3v) is 7.30. The molecule has 5 nitrogen and oxygen atoms in total. The van der Waals surface area contributed by atoms with Gasteiger partial charge in [-0.1, -0.05) is 18.9 Å². The van der Waals surface area contributed by atoms with Crippen molar-refractivity contribution in [3.63, 3.8) is 0 Å². The van der Waals surface area contributed by atoms with Crippen molar-refractivity contribution in [1.29, 1.82) is 0 Å². The van der Waals surface area contributed by atoms with Gasteiger partial charge in [-0.2, -0.15) is 0 Å². The molecule has 2 atom stereocenters. The van der Waals surface area contributed by atoms with Crippen molar-refractivity contribution in [3.05, 3.63) is 29.3 Å². The Hall–Kier alpha value is -1.11. The van der Waals surface area contributed by atoms with Gasteiger partial charge in [-0.3, -0.25) is 4.79 Å². The van der Waals surface area contributed by atoms with E-state index in [0.29, 0.717) is 17.4 Å². The molecular weight excluding hydrogens is 372 g/mol. The van der Waals surface area contributed by atoms with Gasteiger partial charge in [-0.25, -0.2) is 8.42 Å². The van der Waals surface area contributed by atoms with E-state index >= 15 is 0 Å². The molecule has 3 rings (SSSR count). The first kappa shape index (κ1) is 21.2. The van der Waals surface area contributed by atoms with Crippen LogP contribution in [-0.4, -0.2) is 32.7 Å². The number of nitrogens with one attached hydrogen (secondary N) is 1. The number of fused-ring (bicyclic) bond motifs is 1. The van der Waals surface area contributed by atoms with E-state index in [1.807, 2.05) is 6.07 Å². The topological polar surface area (TPSA) is 89.3 Å². The van der Waals surface area contributed by atoms with Gasteiger partial charge < -0.3 is 11.1 Å². The number of carbonyl (C=O) groups excluding carboxylic acids is 1. The molecule has 1 saturated carbocycles. The Morgan fingerprint density at radius 1 is 1.12 bits per heavy atom. The second-order valence-electron chi connectivity index (χ2n) is 7.31. The molecule has 1 aromatic rings. The average molecular weight is 401 g/mol. The first-order valence-electron chi connectivity index (χ1n) is 9.33. The molecule has 146 valence electrons. The summed E-state index contributed by atoms with van der Waals surface area (Å²) in [6.07, 6.45) is 7.29. The fourth-order valence-corrected chi connectivity index (χ4v) is 5.33. The van der Waals surface area contributed by atoms with Gasteiger partial charge in [0, 0.05) is 12.5 Å². The third-order valence-electron chi connectivity index (χ3n) is 5.59. The summed E-state index contributed by atoms with van der Waals surface area (Å²) >= 11 is 0. The molecule has 2 unspecified atom stereocenters. The number of carbonyl (C=O) groups is 1. The number of benzene rings is 1. The normalized spacial score (nSPS) is 22.3. The van der Waals surface area contributed by atoms with Crippen LogP contribution in [0.1, 0.15) is 49.7 Å². The SMILES string of the molecule is Cl.NCC1CCCCC1NC(=O)CCS(=O)(=O)c1ccc2c(c1)CCC2. The summed E-state index contributed by atoms with van der Waals surface area (Å²) in [5.41, 5.74) is 8.18. The number of aryl methyl sites for hydroxylation is 2. The lowest BCUT2D eigenvalue weighted by atomic mass is 9.84. The van der Waals surface area contributed by atoms with E-state index in [-0.39, 0.29) is 36.5 Å². The Balaban J connectivity index is 0.00000243. The van der Waals surface area contributed by atoms with Gasteiger partial charge in [-0.15, -0.1) is 12.4 Å². The Labute approximate surface area is 162 Å². The Morgan fingerprint density at radius 3 is 2.62 bits per heavy atom. The van der Waals surface area contributed by atoms with Gasteiger partial charge in [0.25, 0.3) is 0 Å². The molecule has 1 fully saturated rings. The number of nitrogens with two attached hydrogens (primary N) is 1. The molecule has 3 N–H and O–H groups in total. The van der Waals surface area contributed by atoms with Crippen LogP contribution in [0.15, 0.2) is 23.1 Å². The summed E-state index contributed by atoms with van der Waals surface area (Å²) in [6.45, 7) is 0.568. The number of halogens is 1. The zero-order valence-electron chi connectivity index (χ0n) is 15.1. The van der Waals surface area contributed by atoms with Crippen LogP contribution in [0.5, 0.6) is 0 Å². The van der Waals surface area contributed by atoms with Crippen molar-refractivity contribution in [2.24, 2.45) is 11.7 Å². The number of rotatable bonds is 6. The highest BCUT2D eigenvalue weighted by atomic mass is 35.5. The lowest BCUT2D eigenvalue weighted by Crippen LogP contribution is -2.45. The van der Waals surface area contributed by atoms with Crippen LogP contribution < -0.4 is 11.1 Å². The summed E-state index contributed by atoms with van der Waals surface area (Å²) < 4.78 is 25.1. The Morgan fingerprint density at radius 2 is 1.85 bits per heavy atom. The first-order chi connectivity index (χ1) is 12.0. The summed E-state index contributed by atoms with van der Waals surface area (Å²) in [5, 5.41) is 3.00. The summed E-state index contributed by atoms with van der Waals surface area (Å²) in [5.74, 6) is -0.0152. The van der Waals surface area contributed by atoms with E-state index in [9.17, 15) is 13.2 Å². The predicted molar refractivity (Wildman–Crippen MR) is 105 cm³/mol. The summed E-state index contributed by atoms with van der Waals surface area (Å²) in [6, 6.07) is 5.49. The summed E-state index contributed by atoms with van der Waals surface area (Å²) in [4.78, 5) is 12.6. The van der Waals surface area contributed by atoms with Crippen molar-refractivity contribution in [1.82, 2.24) is 5.32 Å². The number of hydrogen-bond acceptors (Lipinski definition) is 4. The predicted octanol–water partition coefficient (Wildman–Crippen LogP) is 2.39. The largest absolute Gasteiger partial charge is 0.353 e. The minimum absolute atomic E-state index is 0. The van der Waals surface area contributed by atoms with Crippen molar-refractivity contribution in [3.8, 4) is 0 Å². The lowest BCUT2D eigenvalue weighted by molar-refractivity contribution is -0.122. The van der Waals surface area contributed by atoms with Crippen LogP contribution in [0.4, 0.5) is 0 Å². The van der Waals surface area contributed by atoms with Crippen LogP contribution in [-0.2, 0) is 27.5 Å². The smallest absolute Gasteiger partial charge is 0.221 e. The van der Waals surface area contributed by atoms with E-state index in [2.05, 4.69) is 5.32 Å². The molecule has 0 aliphatic heterocycles. The Kier molecular flexibility index (Phi) is 7.50. The fraction of sp³-hybridized carbons (Fsp3) is 0.632. The van der Waals surface area contributed by atoms with E-state index < -0.39 is 9.84 Å². The first-order valence-corrected chi connectivity index (χ1v) is 11.0. The van der Waals surface area contributed by atoms with Crippen molar-refractivity contribution < 1.29 is 13.2 Å². The maximum atomic E-state index is 12.5. The molecule has 0 radical (unpaired) electrons. The van der Waals surface area contributed by atoms with Gasteiger partial charge in [0.2, 0.25) is 5.91 Å². The van der Waals surface area contributed by atoms with Crippen LogP contribution in [0.2, 0.25) is 0 Å². The summed E-state index contributed by atoms with van der Waals surface area (Å²) in [7, 11) is -3.42. The van der Waals surface area contributed by atoms with E-state index in [0.717, 1.165) is 50.5 Å². The molecule has 2 aliphatic rings. The van der Waals surface area contributed by atoms with E-state index in [1.165, 1.54) is 5.56 Å². The highest BCUT2D eigenvalue weighted by Crippen LogP contribution is 2.26. The van der Waals surface area contributed by atoms with Crippen LogP contribution in [0, 0.1) is 5.92 Å². The average Bonchev–Trinajstić information content (AvgIpc) is 3.08. The van der Waals surface area contributed by atoms with Gasteiger partial charge in [-0.05, 0) is 67.8 Å². The van der Waals surface area contributed by atoms with Gasteiger partial charge in [0.15, 0.2) is 9.84 Å². The monoisotopic (exact) mass is 400 g/mol. The zero-order chi connectivity index (χ0) is 17.9. The highest BCUT2D eigenvalue weighted by Gasteiger charge is 2.26. The molecule has 2 aliphatic carbocycles. The molecule has 26 heavy (non-hydrogen) atoms. The minimum atomic E-state index is -3.42. The zero-order valence-corrected chi connectivity index (χ0v) is 16.7. The van der Waals surface area contributed by atoms with Gasteiger partial charge >= 0.3 is 0 Å². The number of hydrogen-bond donors (Lipinski definition) is 2. The number of sulfone groups is 1. The van der Waals surface area contributed by atoms with Crippen molar-refractivity contribution >= 4 is 28.2 Å². The minimum Gasteiger partial charge on any atom is -0.353 e. The van der Waals surface area contributed by atoms with Gasteiger partial charge in [0.1, 0.15) is 0 Å². The van der Waals surface area contributed by atoms with Crippen LogP contribution in [0.25, 0.3) is 0 Å². The molecular formula is C19H29ClN2O3S. The van der Waals surface area contributed by atoms with Crippen LogP contribution in [0.3, 0.4) is 0 Å². The van der Waals surface area contributed by atoms with Crippen molar-refractivity contribution in [2.75, 3.05) is 12.3 Å². The molecule has 0 saturated heterocycles.